The summed E-state index contributed by atoms with van der Waals surface area (Å²) in [6.07, 6.45) is 1.36. The molecule has 0 saturated heterocycles. The molecule has 106 valence electrons. The van der Waals surface area contributed by atoms with Crippen molar-refractivity contribution in [3.05, 3.63) is 6.33 Å². The van der Waals surface area contributed by atoms with Gasteiger partial charge in [0.2, 0.25) is 11.8 Å². The van der Waals surface area contributed by atoms with E-state index in [0.29, 0.717) is 23.9 Å². The lowest BCUT2D eigenvalue weighted by Crippen LogP contribution is -2.36. The van der Waals surface area contributed by atoms with Crippen LogP contribution in [0.25, 0.3) is 0 Å². The fraction of sp³-hybridized carbons (Fsp3) is 0.583. The number of nitrogens with two attached hydrogens (primary N) is 1. The largest absolute Gasteiger partial charge is 0.473 e. The number of nitrogen functional groups attached to an aromatic ring is 1. The number of anilines is 2. The molecular weight excluding hydrogens is 246 g/mol. The Bertz CT molecular complexity index is 436. The smallest absolute Gasteiger partial charge is 0.242 e. The molecule has 7 nitrogen and oxygen atoms in total. The maximum Gasteiger partial charge on any atom is 0.242 e. The van der Waals surface area contributed by atoms with Crippen LogP contribution in [0.2, 0.25) is 0 Å². The summed E-state index contributed by atoms with van der Waals surface area (Å²) in [6.45, 7) is 6.51. The summed E-state index contributed by atoms with van der Waals surface area (Å²) < 4.78 is 5.51. The molecule has 19 heavy (non-hydrogen) atoms. The highest BCUT2D eigenvalue weighted by atomic mass is 16.5. The van der Waals surface area contributed by atoms with Crippen molar-refractivity contribution in [2.45, 2.75) is 26.9 Å². The summed E-state index contributed by atoms with van der Waals surface area (Å²) in [5, 5.41) is 2.57. The van der Waals surface area contributed by atoms with Crippen LogP contribution in [-0.2, 0) is 4.79 Å². The molecule has 3 N–H and O–H groups in total. The molecule has 0 fully saturated rings. The lowest BCUT2D eigenvalue weighted by molar-refractivity contribution is -0.119. The number of hydrogen-bond donors (Lipinski definition) is 2. The highest BCUT2D eigenvalue weighted by Crippen LogP contribution is 2.28. The molecule has 1 aromatic heterocycles. The van der Waals surface area contributed by atoms with Crippen LogP contribution in [0.3, 0.4) is 0 Å². The minimum Gasteiger partial charge on any atom is -0.473 e. The number of carbonyl (C=O) groups is 1. The molecule has 0 unspecified atom stereocenters. The van der Waals surface area contributed by atoms with Gasteiger partial charge in [-0.15, -0.1) is 0 Å². The predicted octanol–water partition coefficient (Wildman–Crippen LogP) is 0.418. The highest BCUT2D eigenvalue weighted by molar-refractivity contribution is 5.82. The molecule has 0 aromatic carbocycles. The first kappa shape index (κ1) is 15.0. The zero-order valence-electron chi connectivity index (χ0n) is 11.8. The van der Waals surface area contributed by atoms with Gasteiger partial charge in [-0.1, -0.05) is 0 Å². The summed E-state index contributed by atoms with van der Waals surface area (Å²) in [7, 11) is 1.59. The normalized spacial score (nSPS) is 10.4. The van der Waals surface area contributed by atoms with Crippen molar-refractivity contribution >= 4 is 17.4 Å². The van der Waals surface area contributed by atoms with Crippen LogP contribution >= 0.6 is 0 Å². The Hall–Kier alpha value is -2.05. The first-order valence-corrected chi connectivity index (χ1v) is 6.22. The number of ether oxygens (including phenoxy) is 1. The van der Waals surface area contributed by atoms with Crippen LogP contribution in [0.4, 0.5) is 11.5 Å². The fourth-order valence-electron chi connectivity index (χ4n) is 1.53. The molecule has 1 aromatic rings. The number of likely N-dealkylation sites (N-methyl/N-ethyl adjacent to an activating group) is 2. The Morgan fingerprint density at radius 1 is 1.53 bits per heavy atom. The third-order valence-electron chi connectivity index (χ3n) is 2.47. The topological polar surface area (TPSA) is 93.4 Å². The van der Waals surface area contributed by atoms with Crippen molar-refractivity contribution in [3.8, 4) is 5.88 Å². The predicted molar refractivity (Wildman–Crippen MR) is 74.2 cm³/mol. The molecule has 0 aliphatic carbocycles. The lowest BCUT2D eigenvalue weighted by Gasteiger charge is -2.23. The Labute approximate surface area is 113 Å². The molecule has 0 atom stereocenters. The van der Waals surface area contributed by atoms with Crippen molar-refractivity contribution in [2.75, 3.05) is 30.8 Å². The Morgan fingerprint density at radius 2 is 2.21 bits per heavy atom. The lowest BCUT2D eigenvalue weighted by atomic mass is 10.3. The van der Waals surface area contributed by atoms with Gasteiger partial charge < -0.3 is 20.7 Å². The van der Waals surface area contributed by atoms with Crippen LogP contribution < -0.4 is 20.7 Å². The first-order valence-electron chi connectivity index (χ1n) is 6.22. The standard InChI is InChI=1S/C12H21N5O2/c1-5-17(6-9(18)14-4)11-10(13)12(16-7-15-11)19-8(2)3/h7-8H,5-6,13H2,1-4H3,(H,14,18). The summed E-state index contributed by atoms with van der Waals surface area (Å²) in [5.41, 5.74) is 6.35. The molecule has 1 amide bonds. The second kappa shape index (κ2) is 6.77. The minimum absolute atomic E-state index is 0.0286. The second-order valence-corrected chi connectivity index (χ2v) is 4.27. The molecular formula is C12H21N5O2. The van der Waals surface area contributed by atoms with Crippen molar-refractivity contribution in [3.63, 3.8) is 0 Å². The molecule has 7 heteroatoms. The first-order chi connectivity index (χ1) is 8.99. The van der Waals surface area contributed by atoms with Gasteiger partial charge in [0.25, 0.3) is 0 Å². The van der Waals surface area contributed by atoms with E-state index in [4.69, 9.17) is 10.5 Å². The van der Waals surface area contributed by atoms with E-state index in [0.717, 1.165) is 0 Å². The molecule has 0 radical (unpaired) electrons. The number of nitrogens with one attached hydrogen (secondary N) is 1. The number of carbonyl (C=O) groups excluding carboxylic acids is 1. The van der Waals surface area contributed by atoms with Crippen LogP contribution in [0.1, 0.15) is 20.8 Å². The van der Waals surface area contributed by atoms with Crippen LogP contribution in [0, 0.1) is 0 Å². The number of hydrogen-bond acceptors (Lipinski definition) is 6. The quantitative estimate of drug-likeness (QED) is 0.776. The number of aromatic nitrogens is 2. The van der Waals surface area contributed by atoms with Gasteiger partial charge in [-0.25, -0.2) is 4.98 Å². The Balaban J connectivity index is 3.00. The van der Waals surface area contributed by atoms with Gasteiger partial charge in [0.15, 0.2) is 5.82 Å². The van der Waals surface area contributed by atoms with Crippen molar-refractivity contribution in [1.29, 1.82) is 0 Å². The van der Waals surface area contributed by atoms with Crippen LogP contribution in [0.15, 0.2) is 6.33 Å². The zero-order chi connectivity index (χ0) is 14.4. The summed E-state index contributed by atoms with van der Waals surface area (Å²) in [4.78, 5) is 21.4. The summed E-state index contributed by atoms with van der Waals surface area (Å²) in [5.74, 6) is 0.748. The van der Waals surface area contributed by atoms with Crippen LogP contribution in [0.5, 0.6) is 5.88 Å². The molecule has 0 aliphatic heterocycles. The van der Waals surface area contributed by atoms with Gasteiger partial charge in [-0.05, 0) is 20.8 Å². The maximum atomic E-state index is 11.5. The van der Waals surface area contributed by atoms with E-state index >= 15 is 0 Å². The van der Waals surface area contributed by atoms with E-state index < -0.39 is 0 Å². The average Bonchev–Trinajstić information content (AvgIpc) is 2.38. The molecule has 1 rings (SSSR count). The molecule has 0 saturated carbocycles. The molecule has 0 aliphatic rings. The molecule has 0 bridgehead atoms. The third kappa shape index (κ3) is 3.97. The van der Waals surface area contributed by atoms with Gasteiger partial charge in [-0.2, -0.15) is 4.98 Å². The van der Waals surface area contributed by atoms with Gasteiger partial charge in [0, 0.05) is 13.6 Å². The highest BCUT2D eigenvalue weighted by Gasteiger charge is 2.17. The minimum atomic E-state index is -0.105. The van der Waals surface area contributed by atoms with Gasteiger partial charge >= 0.3 is 0 Å². The summed E-state index contributed by atoms with van der Waals surface area (Å²) >= 11 is 0. The van der Waals surface area contributed by atoms with Crippen LogP contribution in [-0.4, -0.2) is 42.1 Å². The Morgan fingerprint density at radius 3 is 2.74 bits per heavy atom. The SMILES string of the molecule is CCN(CC(=O)NC)c1ncnc(OC(C)C)c1N. The van der Waals surface area contributed by atoms with Gasteiger partial charge in [-0.3, -0.25) is 4.79 Å². The molecule has 0 spiro atoms. The number of amides is 1. The van der Waals surface area contributed by atoms with Crippen molar-refractivity contribution in [1.82, 2.24) is 15.3 Å². The zero-order valence-corrected chi connectivity index (χ0v) is 11.8. The average molecular weight is 267 g/mol. The Kier molecular flexibility index (Phi) is 5.35. The second-order valence-electron chi connectivity index (χ2n) is 4.27. The van der Waals surface area contributed by atoms with E-state index in [-0.39, 0.29) is 18.6 Å². The van der Waals surface area contributed by atoms with Gasteiger partial charge in [0.1, 0.15) is 12.0 Å². The monoisotopic (exact) mass is 267 g/mol. The van der Waals surface area contributed by atoms with Crippen molar-refractivity contribution in [2.24, 2.45) is 0 Å². The number of rotatable bonds is 6. The maximum absolute atomic E-state index is 11.5. The summed E-state index contributed by atoms with van der Waals surface area (Å²) in [6, 6.07) is 0. The van der Waals surface area contributed by atoms with E-state index in [1.807, 2.05) is 20.8 Å². The molecule has 1 heterocycles. The van der Waals surface area contributed by atoms with E-state index in [1.54, 1.807) is 11.9 Å². The number of nitrogens with zero attached hydrogens (tertiary/aromatic N) is 3. The van der Waals surface area contributed by atoms with E-state index in [2.05, 4.69) is 15.3 Å². The van der Waals surface area contributed by atoms with E-state index in [1.165, 1.54) is 6.33 Å². The van der Waals surface area contributed by atoms with Crippen molar-refractivity contribution < 1.29 is 9.53 Å². The van der Waals surface area contributed by atoms with E-state index in [9.17, 15) is 4.79 Å². The van der Waals surface area contributed by atoms with Gasteiger partial charge in [0.05, 0.1) is 12.6 Å². The third-order valence-corrected chi connectivity index (χ3v) is 2.47. The fourth-order valence-corrected chi connectivity index (χ4v) is 1.53.